The molecule has 2 aromatic carbocycles. The van der Waals surface area contributed by atoms with Gasteiger partial charge < -0.3 is 4.90 Å². The van der Waals surface area contributed by atoms with Crippen molar-refractivity contribution in [2.45, 2.75) is 25.7 Å². The monoisotopic (exact) mass is 417 g/mol. The molecule has 0 unspecified atom stereocenters. The average molecular weight is 417 g/mol. The van der Waals surface area contributed by atoms with Gasteiger partial charge in [0, 0.05) is 37.8 Å². The summed E-state index contributed by atoms with van der Waals surface area (Å²) in [6.45, 7) is 6.13. The van der Waals surface area contributed by atoms with Crippen molar-refractivity contribution in [3.8, 4) is 0 Å². The number of hydrogen-bond acceptors (Lipinski definition) is 6. The minimum Gasteiger partial charge on any atom is -0.363 e. The molecule has 8 nitrogen and oxygen atoms in total. The van der Waals surface area contributed by atoms with E-state index in [-0.39, 0.29) is 35.0 Å². The number of nitro groups is 1. The number of ketones is 1. The molecule has 0 aromatic heterocycles. The highest BCUT2D eigenvalue weighted by atomic mass is 32.2. The zero-order chi connectivity index (χ0) is 21.3. The Balaban J connectivity index is 1.82. The molecule has 1 fully saturated rings. The zero-order valence-electron chi connectivity index (χ0n) is 16.6. The largest absolute Gasteiger partial charge is 0.363 e. The summed E-state index contributed by atoms with van der Waals surface area (Å²) < 4.78 is 27.5. The molecule has 0 N–H and O–H groups in total. The Morgan fingerprint density at radius 1 is 1.03 bits per heavy atom. The predicted molar refractivity (Wildman–Crippen MR) is 110 cm³/mol. The zero-order valence-corrected chi connectivity index (χ0v) is 17.4. The number of anilines is 1. The molecule has 1 aliphatic heterocycles. The Morgan fingerprint density at radius 3 is 2.24 bits per heavy atom. The summed E-state index contributed by atoms with van der Waals surface area (Å²) in [5.74, 6) is -0.246. The highest BCUT2D eigenvalue weighted by Crippen LogP contribution is 2.31. The van der Waals surface area contributed by atoms with E-state index in [1.807, 2.05) is 13.0 Å². The molecule has 0 radical (unpaired) electrons. The lowest BCUT2D eigenvalue weighted by Gasteiger charge is -2.35. The second-order valence-corrected chi connectivity index (χ2v) is 9.08. The van der Waals surface area contributed by atoms with Crippen LogP contribution in [0.25, 0.3) is 0 Å². The predicted octanol–water partition coefficient (Wildman–Crippen LogP) is 2.93. The normalized spacial score (nSPS) is 15.3. The van der Waals surface area contributed by atoms with E-state index in [4.69, 9.17) is 0 Å². The van der Waals surface area contributed by atoms with Gasteiger partial charge in [-0.1, -0.05) is 17.7 Å². The SMILES string of the molecule is CC(=O)c1ccc(N2CCN(S(=O)(=O)c3ccc(C)cc3C)CC2)c([N+](=O)[O-])c1. The van der Waals surface area contributed by atoms with Gasteiger partial charge in [0.05, 0.1) is 9.82 Å². The summed E-state index contributed by atoms with van der Waals surface area (Å²) in [5, 5.41) is 11.5. The van der Waals surface area contributed by atoms with Gasteiger partial charge in [0.2, 0.25) is 10.0 Å². The van der Waals surface area contributed by atoms with Gasteiger partial charge in [-0.3, -0.25) is 14.9 Å². The number of carbonyl (C=O) groups is 1. The number of Topliss-reactive ketones (excluding diaryl/α,β-unsaturated/α-hetero) is 1. The van der Waals surface area contributed by atoms with Gasteiger partial charge in [-0.25, -0.2) is 8.42 Å². The van der Waals surface area contributed by atoms with Crippen molar-refractivity contribution in [3.05, 3.63) is 63.2 Å². The van der Waals surface area contributed by atoms with Crippen LogP contribution >= 0.6 is 0 Å². The van der Waals surface area contributed by atoms with Gasteiger partial charge in [-0.15, -0.1) is 0 Å². The molecule has 29 heavy (non-hydrogen) atoms. The molecule has 0 amide bonds. The first-order chi connectivity index (χ1) is 13.6. The lowest BCUT2D eigenvalue weighted by Crippen LogP contribution is -2.48. The number of carbonyl (C=O) groups excluding carboxylic acids is 1. The number of rotatable bonds is 5. The topological polar surface area (TPSA) is 101 Å². The summed E-state index contributed by atoms with van der Waals surface area (Å²) in [6, 6.07) is 9.62. The van der Waals surface area contributed by atoms with Crippen molar-refractivity contribution in [1.82, 2.24) is 4.31 Å². The molecule has 0 spiro atoms. The van der Waals surface area contributed by atoms with Crippen LogP contribution in [0.3, 0.4) is 0 Å². The van der Waals surface area contributed by atoms with E-state index in [9.17, 15) is 23.3 Å². The fourth-order valence-electron chi connectivity index (χ4n) is 3.55. The standard InChI is InChI=1S/C20H23N3O5S/c1-14-4-7-20(15(2)12-14)29(27,28)22-10-8-21(9-11-22)18-6-5-17(16(3)24)13-19(18)23(25)26/h4-7,12-13H,8-11H2,1-3H3. The third-order valence-corrected chi connectivity index (χ3v) is 7.17. The third kappa shape index (κ3) is 4.15. The average Bonchev–Trinajstić information content (AvgIpc) is 2.67. The summed E-state index contributed by atoms with van der Waals surface area (Å²) in [6.07, 6.45) is 0. The Kier molecular flexibility index (Phi) is 5.72. The van der Waals surface area contributed by atoms with Crippen LogP contribution < -0.4 is 4.90 Å². The summed E-state index contributed by atoms with van der Waals surface area (Å²) in [7, 11) is -3.63. The molecule has 9 heteroatoms. The van der Waals surface area contributed by atoms with E-state index in [2.05, 4.69) is 0 Å². The van der Waals surface area contributed by atoms with Crippen molar-refractivity contribution in [2.24, 2.45) is 0 Å². The van der Waals surface area contributed by atoms with E-state index in [1.165, 1.54) is 17.3 Å². The van der Waals surface area contributed by atoms with Crippen molar-refractivity contribution in [2.75, 3.05) is 31.1 Å². The molecule has 3 rings (SSSR count). The van der Waals surface area contributed by atoms with E-state index >= 15 is 0 Å². The minimum atomic E-state index is -3.63. The van der Waals surface area contributed by atoms with Crippen LogP contribution in [0.2, 0.25) is 0 Å². The van der Waals surface area contributed by atoms with Crippen LogP contribution in [-0.2, 0) is 10.0 Å². The lowest BCUT2D eigenvalue weighted by atomic mass is 10.1. The fourth-order valence-corrected chi connectivity index (χ4v) is 5.18. The maximum Gasteiger partial charge on any atom is 0.293 e. The van der Waals surface area contributed by atoms with Gasteiger partial charge in [-0.2, -0.15) is 4.31 Å². The number of piperazine rings is 1. The molecule has 154 valence electrons. The van der Waals surface area contributed by atoms with E-state index in [0.717, 1.165) is 5.56 Å². The van der Waals surface area contributed by atoms with Crippen molar-refractivity contribution < 1.29 is 18.1 Å². The van der Waals surface area contributed by atoms with Crippen molar-refractivity contribution >= 4 is 27.2 Å². The highest BCUT2D eigenvalue weighted by Gasteiger charge is 2.31. The van der Waals surface area contributed by atoms with Crippen LogP contribution in [0.4, 0.5) is 11.4 Å². The van der Waals surface area contributed by atoms with E-state index in [1.54, 1.807) is 36.1 Å². The molecular formula is C20H23N3O5S. The molecule has 0 atom stereocenters. The first-order valence-electron chi connectivity index (χ1n) is 9.23. The summed E-state index contributed by atoms with van der Waals surface area (Å²) >= 11 is 0. The maximum absolute atomic E-state index is 13.0. The quantitative estimate of drug-likeness (QED) is 0.421. The number of nitro benzene ring substituents is 1. The number of nitrogens with zero attached hydrogens (tertiary/aromatic N) is 3. The van der Waals surface area contributed by atoms with Gasteiger partial charge >= 0.3 is 0 Å². The third-order valence-electron chi connectivity index (χ3n) is 5.11. The van der Waals surface area contributed by atoms with Crippen molar-refractivity contribution in [3.63, 3.8) is 0 Å². The molecule has 2 aromatic rings. The first-order valence-corrected chi connectivity index (χ1v) is 10.7. The van der Waals surface area contributed by atoms with Crippen LogP contribution in [0.15, 0.2) is 41.3 Å². The smallest absolute Gasteiger partial charge is 0.293 e. The molecule has 1 aliphatic rings. The van der Waals surface area contributed by atoms with Crippen LogP contribution in [0, 0.1) is 24.0 Å². The molecule has 0 saturated carbocycles. The van der Waals surface area contributed by atoms with Crippen LogP contribution in [0.1, 0.15) is 28.4 Å². The fraction of sp³-hybridized carbons (Fsp3) is 0.350. The number of sulfonamides is 1. The molecular weight excluding hydrogens is 394 g/mol. The Morgan fingerprint density at radius 2 is 1.69 bits per heavy atom. The lowest BCUT2D eigenvalue weighted by molar-refractivity contribution is -0.384. The summed E-state index contributed by atoms with van der Waals surface area (Å²) in [5.41, 5.74) is 2.21. The number of aryl methyl sites for hydroxylation is 2. The van der Waals surface area contributed by atoms with E-state index < -0.39 is 14.9 Å². The second kappa shape index (κ2) is 7.92. The summed E-state index contributed by atoms with van der Waals surface area (Å²) in [4.78, 5) is 24.6. The first kappa shape index (κ1) is 20.9. The van der Waals surface area contributed by atoms with Crippen LogP contribution in [0.5, 0.6) is 0 Å². The van der Waals surface area contributed by atoms with Crippen molar-refractivity contribution in [1.29, 1.82) is 0 Å². The second-order valence-electron chi connectivity index (χ2n) is 7.18. The van der Waals surface area contributed by atoms with Gasteiger partial charge in [-0.05, 0) is 44.5 Å². The number of benzene rings is 2. The molecule has 1 heterocycles. The maximum atomic E-state index is 13.0. The van der Waals surface area contributed by atoms with Crippen LogP contribution in [-0.4, -0.2) is 49.6 Å². The molecule has 0 aliphatic carbocycles. The van der Waals surface area contributed by atoms with Gasteiger partial charge in [0.15, 0.2) is 5.78 Å². The Labute approximate surface area is 169 Å². The Hall–Kier alpha value is -2.78. The Bertz CT molecular complexity index is 1070. The minimum absolute atomic E-state index is 0.150. The van der Waals surface area contributed by atoms with E-state index in [0.29, 0.717) is 24.3 Å². The molecule has 1 saturated heterocycles. The highest BCUT2D eigenvalue weighted by molar-refractivity contribution is 7.89. The van der Waals surface area contributed by atoms with Gasteiger partial charge in [0.1, 0.15) is 5.69 Å². The van der Waals surface area contributed by atoms with Gasteiger partial charge in [0.25, 0.3) is 5.69 Å². The molecule has 0 bridgehead atoms. The number of hydrogen-bond donors (Lipinski definition) is 0.